The monoisotopic (exact) mass is 523 g/mol. The van der Waals surface area contributed by atoms with Gasteiger partial charge in [-0.25, -0.2) is 0 Å². The first-order valence-electron chi connectivity index (χ1n) is 12.2. The number of rotatable bonds is 8. The van der Waals surface area contributed by atoms with Gasteiger partial charge in [-0.1, -0.05) is 78.9 Å². The third kappa shape index (κ3) is 6.88. The molecule has 2 atom stereocenters. The van der Waals surface area contributed by atoms with E-state index in [1.54, 1.807) is 19.2 Å². The minimum Gasteiger partial charge on any atom is -0.332 e. The molecule has 2 amide bonds. The van der Waals surface area contributed by atoms with Gasteiger partial charge in [-0.05, 0) is 54.9 Å². The van der Waals surface area contributed by atoms with Crippen molar-refractivity contribution in [3.8, 4) is 0 Å². The summed E-state index contributed by atoms with van der Waals surface area (Å²) in [5.74, 6) is -0.787. The molecule has 0 aliphatic rings. The van der Waals surface area contributed by atoms with Crippen LogP contribution in [-0.4, -0.2) is 39.0 Å². The molecule has 0 saturated carbocycles. The molecule has 0 aliphatic carbocycles. The molecule has 38 heavy (non-hydrogen) atoms. The first-order chi connectivity index (χ1) is 18.4. The fraction of sp³-hybridized carbons (Fsp3) is 0.133. The van der Waals surface area contributed by atoms with Crippen LogP contribution in [0, 0.1) is 0 Å². The number of nitrogens with two attached hydrogens (primary N) is 1. The average molecular weight is 524 g/mol. The highest BCUT2D eigenvalue weighted by Gasteiger charge is 2.30. The molecule has 8 heteroatoms. The highest BCUT2D eigenvalue weighted by molar-refractivity contribution is 7.80. The fourth-order valence-electron chi connectivity index (χ4n) is 4.04. The molecule has 1 heterocycles. The smallest absolute Gasteiger partial charge is 0.247 e. The van der Waals surface area contributed by atoms with Gasteiger partial charge >= 0.3 is 0 Å². The van der Waals surface area contributed by atoms with E-state index in [1.165, 1.54) is 11.0 Å². The van der Waals surface area contributed by atoms with E-state index in [-0.39, 0.29) is 11.0 Å². The number of carbonyl (C=O) groups is 2. The summed E-state index contributed by atoms with van der Waals surface area (Å²) < 4.78 is 0. The number of fused-ring (bicyclic) bond motifs is 1. The highest BCUT2D eigenvalue weighted by Crippen LogP contribution is 2.21. The van der Waals surface area contributed by atoms with Gasteiger partial charge < -0.3 is 16.4 Å². The maximum absolute atomic E-state index is 13.6. The van der Waals surface area contributed by atoms with Crippen LogP contribution in [0.5, 0.6) is 0 Å². The number of carbonyl (C=O) groups excluding carboxylic acids is 2. The summed E-state index contributed by atoms with van der Waals surface area (Å²) in [4.78, 5) is 32.1. The summed E-state index contributed by atoms with van der Waals surface area (Å²) in [6, 6.07) is 27.6. The Morgan fingerprint density at radius 3 is 2.39 bits per heavy atom. The summed E-state index contributed by atoms with van der Waals surface area (Å²) in [6.07, 6.45) is 4.36. The van der Waals surface area contributed by atoms with E-state index in [9.17, 15) is 9.59 Å². The largest absolute Gasteiger partial charge is 0.332 e. The number of nitrogens with one attached hydrogen (secondary N) is 2. The van der Waals surface area contributed by atoms with Gasteiger partial charge in [0.05, 0.1) is 17.2 Å². The average Bonchev–Trinajstić information content (AvgIpc) is 2.93. The zero-order chi connectivity index (χ0) is 26.9. The van der Waals surface area contributed by atoms with E-state index >= 15 is 0 Å². The molecule has 4 aromatic rings. The Morgan fingerprint density at radius 2 is 1.66 bits per heavy atom. The van der Waals surface area contributed by atoms with Crippen molar-refractivity contribution < 1.29 is 9.59 Å². The number of anilines is 1. The Bertz CT molecular complexity index is 1440. The molecule has 0 bridgehead atoms. The van der Waals surface area contributed by atoms with Gasteiger partial charge in [-0.3, -0.25) is 19.5 Å². The lowest BCUT2D eigenvalue weighted by Gasteiger charge is -2.32. The molecule has 0 aliphatic heterocycles. The van der Waals surface area contributed by atoms with E-state index in [1.807, 2.05) is 91.0 Å². The van der Waals surface area contributed by atoms with Crippen molar-refractivity contribution in [1.29, 1.82) is 0 Å². The van der Waals surface area contributed by atoms with Crippen molar-refractivity contribution in [2.45, 2.75) is 25.6 Å². The highest BCUT2D eigenvalue weighted by atomic mass is 32.1. The number of pyridine rings is 1. The molecule has 4 rings (SSSR count). The number of hydrogen-bond acceptors (Lipinski definition) is 5. The van der Waals surface area contributed by atoms with Gasteiger partial charge in [0, 0.05) is 17.7 Å². The van der Waals surface area contributed by atoms with Crippen molar-refractivity contribution in [3.05, 3.63) is 114 Å². The minimum atomic E-state index is -0.873. The Hall–Kier alpha value is -4.40. The van der Waals surface area contributed by atoms with Gasteiger partial charge in [0.1, 0.15) is 6.17 Å². The van der Waals surface area contributed by atoms with Crippen LogP contribution in [-0.2, 0) is 16.0 Å². The molecule has 7 nitrogen and oxygen atoms in total. The molecule has 0 saturated heterocycles. The van der Waals surface area contributed by atoms with E-state index in [4.69, 9.17) is 18.0 Å². The number of nitrogens with zero attached hydrogens (tertiary/aromatic N) is 2. The topological polar surface area (TPSA) is 100 Å². The predicted molar refractivity (Wildman–Crippen MR) is 156 cm³/mol. The Morgan fingerprint density at radius 1 is 0.974 bits per heavy atom. The first kappa shape index (κ1) is 26.7. The van der Waals surface area contributed by atoms with Crippen LogP contribution in [0.1, 0.15) is 18.1 Å². The van der Waals surface area contributed by atoms with E-state index in [2.05, 4.69) is 15.6 Å². The number of thiocarbonyl (C=S) groups is 1. The van der Waals surface area contributed by atoms with E-state index < -0.39 is 18.1 Å². The maximum Gasteiger partial charge on any atom is 0.247 e. The lowest BCUT2D eigenvalue weighted by atomic mass is 10.1. The van der Waals surface area contributed by atoms with Crippen LogP contribution in [0.3, 0.4) is 0 Å². The van der Waals surface area contributed by atoms with Crippen molar-refractivity contribution in [1.82, 2.24) is 15.2 Å². The normalized spacial score (nSPS) is 12.6. The molecule has 0 spiro atoms. The van der Waals surface area contributed by atoms with Gasteiger partial charge in [0.2, 0.25) is 11.8 Å². The van der Waals surface area contributed by atoms with Gasteiger partial charge in [-0.2, -0.15) is 0 Å². The second-order valence-corrected chi connectivity index (χ2v) is 9.13. The number of hydrogen-bond donors (Lipinski definition) is 3. The van der Waals surface area contributed by atoms with Gasteiger partial charge in [-0.15, -0.1) is 0 Å². The van der Waals surface area contributed by atoms with Gasteiger partial charge in [0.15, 0.2) is 5.11 Å². The summed E-state index contributed by atoms with van der Waals surface area (Å²) >= 11 is 5.69. The molecular weight excluding hydrogens is 494 g/mol. The van der Waals surface area contributed by atoms with Crippen molar-refractivity contribution in [2.24, 2.45) is 5.73 Å². The van der Waals surface area contributed by atoms with E-state index in [0.717, 1.165) is 16.5 Å². The van der Waals surface area contributed by atoms with Crippen LogP contribution in [0.4, 0.5) is 5.69 Å². The summed E-state index contributed by atoms with van der Waals surface area (Å²) in [5, 5.41) is 7.01. The number of para-hydroxylation sites is 1. The van der Waals surface area contributed by atoms with Crippen LogP contribution < -0.4 is 16.4 Å². The quantitative estimate of drug-likeness (QED) is 0.179. The van der Waals surface area contributed by atoms with Crippen LogP contribution in [0.15, 0.2) is 103 Å². The van der Waals surface area contributed by atoms with Crippen molar-refractivity contribution >= 4 is 51.8 Å². The van der Waals surface area contributed by atoms with Crippen LogP contribution in [0.25, 0.3) is 17.0 Å². The summed E-state index contributed by atoms with van der Waals surface area (Å²) in [5.41, 5.74) is 9.52. The zero-order valence-electron chi connectivity index (χ0n) is 21.0. The number of benzene rings is 3. The lowest BCUT2D eigenvalue weighted by molar-refractivity contribution is -0.131. The Labute approximate surface area is 227 Å². The van der Waals surface area contributed by atoms with Crippen molar-refractivity contribution in [3.63, 3.8) is 0 Å². The molecule has 1 aromatic heterocycles. The molecular formula is C30H29N5O2S. The molecule has 192 valence electrons. The summed E-state index contributed by atoms with van der Waals surface area (Å²) in [6.45, 7) is 1.69. The second kappa shape index (κ2) is 12.7. The number of amides is 2. The van der Waals surface area contributed by atoms with Crippen LogP contribution >= 0.6 is 12.2 Å². The summed E-state index contributed by atoms with van der Waals surface area (Å²) in [7, 11) is 0. The standard InChI is InChI=1S/C30H29N5O2S/c1-21(33-27(36)18-17-22-10-4-2-5-11-22)35(29(37)25(31)20-23-12-6-3-7-13-23)30(38)34-26-16-8-14-24-15-9-19-32-28(24)26/h2-19,21,25H,20,31H2,1H3,(H,33,36)(H,34,38)/b18-17+/t21?,25-/m0/s1. The maximum atomic E-state index is 13.6. The molecule has 0 fully saturated rings. The third-order valence-corrected chi connectivity index (χ3v) is 6.21. The van der Waals surface area contributed by atoms with E-state index in [0.29, 0.717) is 17.6 Å². The minimum absolute atomic E-state index is 0.108. The molecule has 4 N–H and O–H groups in total. The zero-order valence-corrected chi connectivity index (χ0v) is 21.8. The SMILES string of the molecule is CC(NC(=O)/C=C/c1ccccc1)N(C(=O)[C@@H](N)Cc1ccccc1)C(=S)Nc1cccc2cccnc12. The first-order valence-corrected chi connectivity index (χ1v) is 12.6. The molecule has 3 aromatic carbocycles. The third-order valence-electron chi connectivity index (χ3n) is 5.91. The van der Waals surface area contributed by atoms with Crippen LogP contribution in [0.2, 0.25) is 0 Å². The lowest BCUT2D eigenvalue weighted by Crippen LogP contribution is -2.57. The Balaban J connectivity index is 1.56. The molecule has 0 radical (unpaired) electrons. The molecule has 1 unspecified atom stereocenters. The number of aromatic nitrogens is 1. The Kier molecular flexibility index (Phi) is 8.92. The fourth-order valence-corrected chi connectivity index (χ4v) is 4.39. The van der Waals surface area contributed by atoms with Crippen molar-refractivity contribution in [2.75, 3.05) is 5.32 Å². The predicted octanol–water partition coefficient (Wildman–Crippen LogP) is 4.51. The van der Waals surface area contributed by atoms with Gasteiger partial charge in [0.25, 0.3) is 0 Å². The second-order valence-electron chi connectivity index (χ2n) is 8.74.